The number of rotatable bonds is 4. The van der Waals surface area contributed by atoms with E-state index in [0.717, 1.165) is 6.42 Å². The lowest BCUT2D eigenvalue weighted by atomic mass is 9.69. The molecule has 0 amide bonds. The highest BCUT2D eigenvalue weighted by atomic mass is 16.5. The van der Waals surface area contributed by atoms with Crippen molar-refractivity contribution in [3.63, 3.8) is 0 Å². The van der Waals surface area contributed by atoms with Gasteiger partial charge in [0, 0.05) is 0 Å². The molecule has 15 heavy (non-hydrogen) atoms. The van der Waals surface area contributed by atoms with Crippen molar-refractivity contribution in [3.05, 3.63) is 0 Å². The number of hydrogen-bond donors (Lipinski definition) is 0. The average Bonchev–Trinajstić information content (AvgIpc) is 2.01. The van der Waals surface area contributed by atoms with E-state index in [0.29, 0.717) is 12.5 Å². The maximum Gasteiger partial charge on any atom is 0.312 e. The van der Waals surface area contributed by atoms with E-state index in [1.54, 1.807) is 0 Å². The van der Waals surface area contributed by atoms with Crippen LogP contribution in [0.5, 0.6) is 0 Å². The molecule has 0 saturated carbocycles. The van der Waals surface area contributed by atoms with Crippen LogP contribution < -0.4 is 0 Å². The fourth-order valence-corrected chi connectivity index (χ4v) is 1.91. The second-order valence-corrected chi connectivity index (χ2v) is 6.03. The van der Waals surface area contributed by atoms with Gasteiger partial charge in [0.15, 0.2) is 0 Å². The Morgan fingerprint density at radius 3 is 1.93 bits per heavy atom. The first kappa shape index (κ1) is 14.5. The van der Waals surface area contributed by atoms with Gasteiger partial charge in [0.1, 0.15) is 0 Å². The summed E-state index contributed by atoms with van der Waals surface area (Å²) in [5.41, 5.74) is -0.222. The van der Waals surface area contributed by atoms with Gasteiger partial charge in [-0.2, -0.15) is 0 Å². The molecule has 0 spiro atoms. The molecular formula is C13H26O2. The van der Waals surface area contributed by atoms with Crippen LogP contribution in [0.15, 0.2) is 0 Å². The van der Waals surface area contributed by atoms with Crippen LogP contribution >= 0.6 is 0 Å². The van der Waals surface area contributed by atoms with Crippen LogP contribution in [-0.4, -0.2) is 12.6 Å². The van der Waals surface area contributed by atoms with Crippen LogP contribution in [0.4, 0.5) is 0 Å². The zero-order valence-corrected chi connectivity index (χ0v) is 11.3. The Hall–Kier alpha value is -0.530. The second kappa shape index (κ2) is 5.00. The molecule has 0 aliphatic rings. The summed E-state index contributed by atoms with van der Waals surface area (Å²) in [6.45, 7) is 15.0. The highest BCUT2D eigenvalue weighted by molar-refractivity contribution is 5.76. The summed E-state index contributed by atoms with van der Waals surface area (Å²) in [4.78, 5) is 12.0. The first-order chi connectivity index (χ1) is 6.63. The highest BCUT2D eigenvalue weighted by Gasteiger charge is 2.41. The van der Waals surface area contributed by atoms with Gasteiger partial charge in [-0.05, 0) is 31.6 Å². The van der Waals surface area contributed by atoms with Crippen LogP contribution in [0.2, 0.25) is 0 Å². The minimum Gasteiger partial charge on any atom is -0.466 e. The van der Waals surface area contributed by atoms with Gasteiger partial charge >= 0.3 is 5.97 Å². The zero-order chi connectivity index (χ0) is 12.3. The molecule has 1 atom stereocenters. The molecule has 0 aliphatic heterocycles. The lowest BCUT2D eigenvalue weighted by Crippen LogP contribution is -2.38. The zero-order valence-electron chi connectivity index (χ0n) is 11.3. The lowest BCUT2D eigenvalue weighted by Gasteiger charge is -2.36. The molecule has 0 aromatic rings. The SMILES string of the molecule is CCOC(=O)C(C)(CC(C)(C)C)C(C)C. The molecule has 0 saturated heterocycles. The standard InChI is InChI=1S/C13H26O2/c1-8-15-11(14)13(7,10(2)3)9-12(4,5)6/h10H,8-9H2,1-7H3. The number of carbonyl (C=O) groups excluding carboxylic acids is 1. The molecule has 90 valence electrons. The van der Waals surface area contributed by atoms with Gasteiger partial charge in [-0.25, -0.2) is 0 Å². The first-order valence-electron chi connectivity index (χ1n) is 5.80. The minimum absolute atomic E-state index is 0.0603. The molecule has 0 bridgehead atoms. The van der Waals surface area contributed by atoms with E-state index in [2.05, 4.69) is 34.6 Å². The molecule has 2 nitrogen and oxygen atoms in total. The first-order valence-corrected chi connectivity index (χ1v) is 5.80. The third-order valence-electron chi connectivity index (χ3n) is 2.91. The summed E-state index contributed by atoms with van der Waals surface area (Å²) in [5.74, 6) is 0.241. The number of carbonyl (C=O) groups is 1. The summed E-state index contributed by atoms with van der Waals surface area (Å²) < 4.78 is 5.18. The summed E-state index contributed by atoms with van der Waals surface area (Å²) in [5, 5.41) is 0. The molecule has 1 unspecified atom stereocenters. The second-order valence-electron chi connectivity index (χ2n) is 6.03. The fraction of sp³-hybridized carbons (Fsp3) is 0.923. The Morgan fingerprint density at radius 1 is 1.20 bits per heavy atom. The van der Waals surface area contributed by atoms with E-state index in [4.69, 9.17) is 4.74 Å². The van der Waals surface area contributed by atoms with Crippen LogP contribution in [-0.2, 0) is 9.53 Å². The average molecular weight is 214 g/mol. The Bertz CT molecular complexity index is 213. The van der Waals surface area contributed by atoms with E-state index in [-0.39, 0.29) is 16.8 Å². The van der Waals surface area contributed by atoms with Crippen molar-refractivity contribution < 1.29 is 9.53 Å². The molecule has 0 radical (unpaired) electrons. The monoisotopic (exact) mass is 214 g/mol. The fourth-order valence-electron chi connectivity index (χ4n) is 1.91. The third kappa shape index (κ3) is 4.23. The van der Waals surface area contributed by atoms with Gasteiger partial charge in [0.25, 0.3) is 0 Å². The Balaban J connectivity index is 4.82. The summed E-state index contributed by atoms with van der Waals surface area (Å²) >= 11 is 0. The summed E-state index contributed by atoms with van der Waals surface area (Å²) in [6, 6.07) is 0. The Labute approximate surface area is 94.4 Å². The molecule has 2 heteroatoms. The van der Waals surface area contributed by atoms with E-state index >= 15 is 0 Å². The van der Waals surface area contributed by atoms with Gasteiger partial charge in [0.05, 0.1) is 12.0 Å². The normalized spacial score (nSPS) is 16.3. The molecule has 0 N–H and O–H groups in total. The van der Waals surface area contributed by atoms with Crippen LogP contribution in [0.1, 0.15) is 54.9 Å². The van der Waals surface area contributed by atoms with Crippen molar-refractivity contribution in [3.8, 4) is 0 Å². The minimum atomic E-state index is -0.367. The smallest absolute Gasteiger partial charge is 0.312 e. The Morgan fingerprint density at radius 2 is 1.67 bits per heavy atom. The lowest BCUT2D eigenvalue weighted by molar-refractivity contribution is -0.159. The van der Waals surface area contributed by atoms with Gasteiger partial charge in [-0.15, -0.1) is 0 Å². The van der Waals surface area contributed by atoms with Crippen LogP contribution in [0, 0.1) is 16.7 Å². The maximum atomic E-state index is 12.0. The molecule has 0 fully saturated rings. The van der Waals surface area contributed by atoms with Crippen molar-refractivity contribution in [2.24, 2.45) is 16.7 Å². The van der Waals surface area contributed by atoms with Crippen molar-refractivity contribution in [1.82, 2.24) is 0 Å². The molecule has 0 rings (SSSR count). The predicted octanol–water partition coefficient (Wildman–Crippen LogP) is 3.65. The van der Waals surface area contributed by atoms with E-state index in [9.17, 15) is 4.79 Å². The van der Waals surface area contributed by atoms with E-state index < -0.39 is 0 Å². The number of ether oxygens (including phenoxy) is 1. The third-order valence-corrected chi connectivity index (χ3v) is 2.91. The molecule has 0 aliphatic carbocycles. The molecule has 0 heterocycles. The van der Waals surface area contributed by atoms with Crippen molar-refractivity contribution >= 4 is 5.97 Å². The highest BCUT2D eigenvalue weighted by Crippen LogP contribution is 2.40. The van der Waals surface area contributed by atoms with Crippen molar-refractivity contribution in [1.29, 1.82) is 0 Å². The largest absolute Gasteiger partial charge is 0.466 e. The van der Waals surface area contributed by atoms with Crippen molar-refractivity contribution in [2.45, 2.75) is 54.9 Å². The summed E-state index contributed by atoms with van der Waals surface area (Å²) in [7, 11) is 0. The van der Waals surface area contributed by atoms with Crippen LogP contribution in [0.25, 0.3) is 0 Å². The molecule has 0 aromatic carbocycles. The Kier molecular flexibility index (Phi) is 4.82. The molecular weight excluding hydrogens is 188 g/mol. The quantitative estimate of drug-likeness (QED) is 0.668. The topological polar surface area (TPSA) is 26.3 Å². The van der Waals surface area contributed by atoms with Gasteiger partial charge in [-0.3, -0.25) is 4.79 Å². The van der Waals surface area contributed by atoms with E-state index in [1.165, 1.54) is 0 Å². The van der Waals surface area contributed by atoms with E-state index in [1.807, 2.05) is 13.8 Å². The van der Waals surface area contributed by atoms with Gasteiger partial charge < -0.3 is 4.74 Å². The van der Waals surface area contributed by atoms with Crippen LogP contribution in [0.3, 0.4) is 0 Å². The van der Waals surface area contributed by atoms with Crippen molar-refractivity contribution in [2.75, 3.05) is 6.61 Å². The number of esters is 1. The van der Waals surface area contributed by atoms with Gasteiger partial charge in [0.2, 0.25) is 0 Å². The number of hydrogen-bond acceptors (Lipinski definition) is 2. The maximum absolute atomic E-state index is 12.0. The predicted molar refractivity (Wildman–Crippen MR) is 63.7 cm³/mol. The molecule has 0 aromatic heterocycles. The van der Waals surface area contributed by atoms with Gasteiger partial charge in [-0.1, -0.05) is 34.6 Å². The summed E-state index contributed by atoms with van der Waals surface area (Å²) in [6.07, 6.45) is 0.858.